The Bertz CT molecular complexity index is 1590. The molecule has 196 valence electrons. The lowest BCUT2D eigenvalue weighted by Gasteiger charge is -2.30. The van der Waals surface area contributed by atoms with Crippen molar-refractivity contribution in [1.29, 1.82) is 0 Å². The van der Waals surface area contributed by atoms with Crippen molar-refractivity contribution in [2.24, 2.45) is 0 Å². The fraction of sp³-hybridized carbons (Fsp3) is 0.321. The Morgan fingerprint density at radius 1 is 1.16 bits per heavy atom. The summed E-state index contributed by atoms with van der Waals surface area (Å²) < 4.78 is 7.56. The molecule has 2 aromatic heterocycles. The van der Waals surface area contributed by atoms with E-state index in [0.717, 1.165) is 38.8 Å². The van der Waals surface area contributed by atoms with E-state index in [1.807, 2.05) is 50.2 Å². The molecule has 4 aromatic rings. The first-order valence-corrected chi connectivity index (χ1v) is 13.6. The van der Waals surface area contributed by atoms with Crippen LogP contribution in [-0.2, 0) is 9.53 Å². The Labute approximate surface area is 225 Å². The van der Waals surface area contributed by atoms with Crippen LogP contribution in [0.1, 0.15) is 49.5 Å². The molecular formula is C28H30N6O3S. The van der Waals surface area contributed by atoms with Crippen molar-refractivity contribution in [1.82, 2.24) is 30.4 Å². The van der Waals surface area contributed by atoms with Gasteiger partial charge < -0.3 is 19.9 Å². The van der Waals surface area contributed by atoms with E-state index in [0.29, 0.717) is 16.4 Å². The second kappa shape index (κ2) is 10.4. The molecule has 0 spiro atoms. The highest BCUT2D eigenvalue weighted by Crippen LogP contribution is 2.33. The van der Waals surface area contributed by atoms with Gasteiger partial charge in [-0.2, -0.15) is 0 Å². The van der Waals surface area contributed by atoms with Crippen LogP contribution < -0.4 is 10.6 Å². The Morgan fingerprint density at radius 2 is 1.95 bits per heavy atom. The number of benzene rings is 2. The number of fused-ring (bicyclic) bond motifs is 3. The maximum atomic E-state index is 13.2. The fourth-order valence-electron chi connectivity index (χ4n) is 4.85. The van der Waals surface area contributed by atoms with Crippen molar-refractivity contribution < 1.29 is 14.3 Å². The van der Waals surface area contributed by atoms with Crippen LogP contribution >= 0.6 is 11.8 Å². The van der Waals surface area contributed by atoms with Crippen molar-refractivity contribution in [3.05, 3.63) is 70.4 Å². The summed E-state index contributed by atoms with van der Waals surface area (Å²) in [5.41, 5.74) is 6.24. The molecule has 10 heteroatoms. The van der Waals surface area contributed by atoms with Gasteiger partial charge in [-0.15, -0.1) is 10.2 Å². The SMILES string of the molecule is CCOC(=O)C1=C(CSc2nnc3c4ccccc4n(C(C)C)c3n2)NC(=O)N[C@H]1c1cc(C)ccc1C. The number of amides is 2. The third-order valence-corrected chi connectivity index (χ3v) is 7.42. The number of nitrogens with zero attached hydrogens (tertiary/aromatic N) is 4. The van der Waals surface area contributed by atoms with Crippen molar-refractivity contribution in [2.75, 3.05) is 12.4 Å². The van der Waals surface area contributed by atoms with E-state index < -0.39 is 12.0 Å². The molecule has 1 atom stereocenters. The van der Waals surface area contributed by atoms with Gasteiger partial charge >= 0.3 is 12.0 Å². The van der Waals surface area contributed by atoms with Gasteiger partial charge in [-0.3, -0.25) is 0 Å². The summed E-state index contributed by atoms with van der Waals surface area (Å²) in [5.74, 6) is -0.214. The van der Waals surface area contributed by atoms with Gasteiger partial charge in [0.05, 0.1) is 23.7 Å². The van der Waals surface area contributed by atoms with Gasteiger partial charge in [-0.1, -0.05) is 53.7 Å². The van der Waals surface area contributed by atoms with E-state index >= 15 is 0 Å². The van der Waals surface area contributed by atoms with Crippen LogP contribution in [0.25, 0.3) is 22.1 Å². The summed E-state index contributed by atoms with van der Waals surface area (Å²) >= 11 is 1.31. The minimum Gasteiger partial charge on any atom is -0.463 e. The molecule has 0 saturated carbocycles. The zero-order chi connectivity index (χ0) is 27.0. The summed E-state index contributed by atoms with van der Waals surface area (Å²) in [4.78, 5) is 30.7. The molecule has 38 heavy (non-hydrogen) atoms. The monoisotopic (exact) mass is 530 g/mol. The first-order valence-electron chi connectivity index (χ1n) is 12.6. The number of rotatable bonds is 7. The highest BCUT2D eigenvalue weighted by molar-refractivity contribution is 7.99. The largest absolute Gasteiger partial charge is 0.463 e. The number of carbonyl (C=O) groups is 2. The minimum atomic E-state index is -0.636. The van der Waals surface area contributed by atoms with E-state index in [-0.39, 0.29) is 24.4 Å². The number of carbonyl (C=O) groups excluding carboxylic acids is 2. The number of thioether (sulfide) groups is 1. The van der Waals surface area contributed by atoms with E-state index in [9.17, 15) is 9.59 Å². The number of urea groups is 1. The average Bonchev–Trinajstić information content (AvgIpc) is 3.22. The maximum absolute atomic E-state index is 13.2. The average molecular weight is 531 g/mol. The molecule has 0 radical (unpaired) electrons. The van der Waals surface area contributed by atoms with Crippen LogP contribution in [0, 0.1) is 13.8 Å². The van der Waals surface area contributed by atoms with Crippen molar-refractivity contribution in [3.63, 3.8) is 0 Å². The van der Waals surface area contributed by atoms with Crippen LogP contribution in [0.4, 0.5) is 4.79 Å². The van der Waals surface area contributed by atoms with Gasteiger partial charge in [0.25, 0.3) is 0 Å². The molecular weight excluding hydrogens is 500 g/mol. The Kier molecular flexibility index (Phi) is 7.07. The third kappa shape index (κ3) is 4.71. The smallest absolute Gasteiger partial charge is 0.338 e. The standard InChI is InChI=1S/C28H30N6O3S/c1-6-37-26(35)22-20(29-27(36)30-23(22)19-13-16(4)11-12-17(19)5)14-38-28-31-25-24(32-33-28)18-9-7-8-10-21(18)34(25)15(2)3/h7-13,15,23H,6,14H2,1-5H3,(H2,29,30,36)/t23-/m0/s1. The van der Waals surface area contributed by atoms with Crippen molar-refractivity contribution >= 4 is 45.8 Å². The number of para-hydroxylation sites is 1. The quantitative estimate of drug-likeness (QED) is 0.251. The number of hydrogen-bond donors (Lipinski definition) is 2. The molecule has 0 bridgehead atoms. The summed E-state index contributed by atoms with van der Waals surface area (Å²) in [7, 11) is 0. The second-order valence-corrected chi connectivity index (χ2v) is 10.5. The molecule has 9 nitrogen and oxygen atoms in total. The van der Waals surface area contributed by atoms with Crippen molar-refractivity contribution in [2.45, 2.75) is 51.9 Å². The highest BCUT2D eigenvalue weighted by Gasteiger charge is 2.34. The van der Waals surface area contributed by atoms with Gasteiger partial charge in [0, 0.05) is 22.9 Å². The first kappa shape index (κ1) is 25.7. The molecule has 1 aliphatic rings. The summed E-state index contributed by atoms with van der Waals surface area (Å²) in [5, 5.41) is 16.1. The molecule has 0 aliphatic carbocycles. The summed E-state index contributed by atoms with van der Waals surface area (Å²) in [6.07, 6.45) is 0. The lowest BCUT2D eigenvalue weighted by Crippen LogP contribution is -2.46. The normalized spacial score (nSPS) is 15.7. The molecule has 2 amide bonds. The van der Waals surface area contributed by atoms with Gasteiger partial charge in [0.15, 0.2) is 5.65 Å². The number of aryl methyl sites for hydroxylation is 2. The number of hydrogen-bond acceptors (Lipinski definition) is 7. The van der Waals surface area contributed by atoms with Crippen LogP contribution in [0.15, 0.2) is 58.9 Å². The highest BCUT2D eigenvalue weighted by atomic mass is 32.2. The Balaban J connectivity index is 1.54. The molecule has 1 aliphatic heterocycles. The fourth-order valence-corrected chi connectivity index (χ4v) is 5.60. The lowest BCUT2D eigenvalue weighted by atomic mass is 9.91. The van der Waals surface area contributed by atoms with Crippen LogP contribution in [-0.4, -0.2) is 44.1 Å². The minimum absolute atomic E-state index is 0.173. The Hall–Kier alpha value is -3.92. The van der Waals surface area contributed by atoms with Crippen LogP contribution in [0.3, 0.4) is 0 Å². The molecule has 5 rings (SSSR count). The van der Waals surface area contributed by atoms with Gasteiger partial charge in [-0.05, 0) is 51.8 Å². The van der Waals surface area contributed by atoms with Gasteiger partial charge in [0.1, 0.15) is 5.52 Å². The maximum Gasteiger partial charge on any atom is 0.338 e. The predicted molar refractivity (Wildman–Crippen MR) is 148 cm³/mol. The van der Waals surface area contributed by atoms with E-state index in [2.05, 4.69) is 45.3 Å². The number of esters is 1. The number of nitrogens with one attached hydrogen (secondary N) is 2. The molecule has 0 fully saturated rings. The van der Waals surface area contributed by atoms with Crippen LogP contribution in [0.5, 0.6) is 0 Å². The topological polar surface area (TPSA) is 111 Å². The molecule has 2 aromatic carbocycles. The number of ether oxygens (including phenoxy) is 1. The third-order valence-electron chi connectivity index (χ3n) is 6.55. The first-order chi connectivity index (χ1) is 18.3. The summed E-state index contributed by atoms with van der Waals surface area (Å²) in [6.45, 7) is 10.1. The lowest BCUT2D eigenvalue weighted by molar-refractivity contribution is -0.139. The molecule has 3 heterocycles. The molecule has 0 saturated heterocycles. The van der Waals surface area contributed by atoms with E-state index in [4.69, 9.17) is 9.72 Å². The molecule has 2 N–H and O–H groups in total. The number of aromatic nitrogens is 4. The summed E-state index contributed by atoms with van der Waals surface area (Å²) in [6, 6.07) is 13.2. The zero-order valence-corrected chi connectivity index (χ0v) is 22.8. The molecule has 0 unspecified atom stereocenters. The second-order valence-electron chi connectivity index (χ2n) is 9.54. The van der Waals surface area contributed by atoms with Crippen LogP contribution in [0.2, 0.25) is 0 Å². The van der Waals surface area contributed by atoms with E-state index in [1.54, 1.807) is 6.92 Å². The van der Waals surface area contributed by atoms with Gasteiger partial charge in [-0.25, -0.2) is 14.6 Å². The van der Waals surface area contributed by atoms with E-state index in [1.165, 1.54) is 11.8 Å². The zero-order valence-electron chi connectivity index (χ0n) is 22.0. The Morgan fingerprint density at radius 3 is 2.71 bits per heavy atom. The van der Waals surface area contributed by atoms with Crippen molar-refractivity contribution in [3.8, 4) is 0 Å². The van der Waals surface area contributed by atoms with Gasteiger partial charge in [0.2, 0.25) is 5.16 Å². The predicted octanol–water partition coefficient (Wildman–Crippen LogP) is 5.14.